The van der Waals surface area contributed by atoms with Crippen LogP contribution >= 0.6 is 0 Å². The summed E-state index contributed by atoms with van der Waals surface area (Å²) in [6, 6.07) is 7.99. The zero-order valence-electron chi connectivity index (χ0n) is 9.23. The van der Waals surface area contributed by atoms with Crippen LogP contribution in [0.4, 0.5) is 0 Å². The zero-order chi connectivity index (χ0) is 11.5. The van der Waals surface area contributed by atoms with Crippen LogP contribution in [0.1, 0.15) is 11.1 Å². The molecule has 0 saturated heterocycles. The first kappa shape index (κ1) is 10.9. The molecule has 1 aromatic carbocycles. The molecule has 1 aliphatic rings. The highest BCUT2D eigenvalue weighted by molar-refractivity contribution is 5.80. The third kappa shape index (κ3) is 1.99. The fraction of sp³-hybridized carbons (Fsp3) is 0.308. The number of benzene rings is 1. The molecular weight excluding hydrogens is 200 g/mol. The Morgan fingerprint density at radius 3 is 2.81 bits per heavy atom. The molecule has 16 heavy (non-hydrogen) atoms. The van der Waals surface area contributed by atoms with Crippen LogP contribution in [-0.2, 0) is 17.8 Å². The van der Waals surface area contributed by atoms with E-state index in [0.717, 1.165) is 6.54 Å². The van der Waals surface area contributed by atoms with Crippen LogP contribution in [0.2, 0.25) is 0 Å². The van der Waals surface area contributed by atoms with Crippen molar-refractivity contribution in [1.29, 1.82) is 0 Å². The maximum absolute atomic E-state index is 11.4. The number of rotatable bonds is 3. The van der Waals surface area contributed by atoms with E-state index in [9.17, 15) is 4.79 Å². The third-order valence-corrected chi connectivity index (χ3v) is 3.04. The van der Waals surface area contributed by atoms with Gasteiger partial charge in [0.1, 0.15) is 0 Å². The molecule has 1 aliphatic heterocycles. The summed E-state index contributed by atoms with van der Waals surface area (Å²) < 4.78 is 0. The van der Waals surface area contributed by atoms with E-state index in [4.69, 9.17) is 5.73 Å². The summed E-state index contributed by atoms with van der Waals surface area (Å²) in [6.45, 7) is 5.18. The van der Waals surface area contributed by atoms with E-state index in [-0.39, 0.29) is 11.9 Å². The van der Waals surface area contributed by atoms with Gasteiger partial charge in [0.05, 0.1) is 6.04 Å². The molecule has 0 aromatic heterocycles. The van der Waals surface area contributed by atoms with Gasteiger partial charge in [-0.25, -0.2) is 0 Å². The Balaban J connectivity index is 2.29. The van der Waals surface area contributed by atoms with Gasteiger partial charge in [0, 0.05) is 13.1 Å². The van der Waals surface area contributed by atoms with Gasteiger partial charge in [0.25, 0.3) is 0 Å². The number of carbonyl (C=O) groups is 1. The van der Waals surface area contributed by atoms with E-state index in [1.54, 1.807) is 0 Å². The van der Waals surface area contributed by atoms with Crippen LogP contribution in [0, 0.1) is 0 Å². The Morgan fingerprint density at radius 1 is 1.50 bits per heavy atom. The highest BCUT2D eigenvalue weighted by Gasteiger charge is 2.28. The average molecular weight is 216 g/mol. The molecule has 0 bridgehead atoms. The molecule has 1 atom stereocenters. The quantitative estimate of drug-likeness (QED) is 0.769. The standard InChI is InChI=1S/C13H16N2O/c1-2-7-15-9-11-6-4-3-5-10(11)8-12(15)13(14)16/h2-6,12H,1,7-9H2,(H2,14,16). The first-order valence-corrected chi connectivity index (χ1v) is 5.43. The predicted octanol–water partition coefficient (Wildman–Crippen LogP) is 1.08. The largest absolute Gasteiger partial charge is 0.368 e. The Morgan fingerprint density at radius 2 is 2.19 bits per heavy atom. The number of carbonyl (C=O) groups excluding carboxylic acids is 1. The van der Waals surface area contributed by atoms with Crippen LogP contribution in [0.25, 0.3) is 0 Å². The SMILES string of the molecule is C=CCN1Cc2ccccc2CC1C(N)=O. The van der Waals surface area contributed by atoms with Crippen molar-refractivity contribution in [1.82, 2.24) is 4.90 Å². The molecule has 3 heteroatoms. The molecule has 1 heterocycles. The molecule has 0 fully saturated rings. The number of primary amides is 1. The summed E-state index contributed by atoms with van der Waals surface area (Å²) in [6.07, 6.45) is 2.52. The predicted molar refractivity (Wildman–Crippen MR) is 63.7 cm³/mol. The van der Waals surface area contributed by atoms with Crippen molar-refractivity contribution in [2.45, 2.75) is 19.0 Å². The van der Waals surface area contributed by atoms with Crippen molar-refractivity contribution >= 4 is 5.91 Å². The fourth-order valence-corrected chi connectivity index (χ4v) is 2.22. The minimum atomic E-state index is -0.253. The van der Waals surface area contributed by atoms with Gasteiger partial charge in [-0.2, -0.15) is 0 Å². The van der Waals surface area contributed by atoms with Gasteiger partial charge in [0.2, 0.25) is 5.91 Å². The Bertz CT molecular complexity index is 414. The molecule has 1 unspecified atom stereocenters. The average Bonchev–Trinajstić information content (AvgIpc) is 2.28. The molecule has 2 rings (SSSR count). The Hall–Kier alpha value is -1.61. The lowest BCUT2D eigenvalue weighted by Gasteiger charge is -2.34. The highest BCUT2D eigenvalue weighted by Crippen LogP contribution is 2.22. The summed E-state index contributed by atoms with van der Waals surface area (Å²) in [5, 5.41) is 0. The molecule has 3 nitrogen and oxygen atoms in total. The smallest absolute Gasteiger partial charge is 0.235 e. The summed E-state index contributed by atoms with van der Waals surface area (Å²) >= 11 is 0. The molecule has 84 valence electrons. The number of nitrogens with two attached hydrogens (primary N) is 1. The maximum atomic E-state index is 11.4. The second kappa shape index (κ2) is 4.49. The van der Waals surface area contributed by atoms with E-state index in [0.29, 0.717) is 13.0 Å². The molecule has 0 saturated carbocycles. The topological polar surface area (TPSA) is 46.3 Å². The molecule has 1 aromatic rings. The van der Waals surface area contributed by atoms with Gasteiger partial charge < -0.3 is 5.73 Å². The van der Waals surface area contributed by atoms with Gasteiger partial charge in [-0.1, -0.05) is 30.3 Å². The first-order chi connectivity index (χ1) is 7.72. The van der Waals surface area contributed by atoms with E-state index >= 15 is 0 Å². The van der Waals surface area contributed by atoms with Crippen LogP contribution in [0.5, 0.6) is 0 Å². The Kier molecular flexibility index (Phi) is 3.06. The number of fused-ring (bicyclic) bond motifs is 1. The molecule has 0 aliphatic carbocycles. The monoisotopic (exact) mass is 216 g/mol. The molecular formula is C13H16N2O. The lowest BCUT2D eigenvalue weighted by atomic mass is 9.93. The summed E-state index contributed by atoms with van der Waals surface area (Å²) in [4.78, 5) is 13.5. The van der Waals surface area contributed by atoms with E-state index in [2.05, 4.69) is 23.6 Å². The minimum Gasteiger partial charge on any atom is -0.368 e. The van der Waals surface area contributed by atoms with Crippen LogP contribution in [-0.4, -0.2) is 23.4 Å². The maximum Gasteiger partial charge on any atom is 0.235 e. The lowest BCUT2D eigenvalue weighted by molar-refractivity contribution is -0.123. The summed E-state index contributed by atoms with van der Waals surface area (Å²) in [7, 11) is 0. The summed E-state index contributed by atoms with van der Waals surface area (Å²) in [5.41, 5.74) is 7.94. The van der Waals surface area contributed by atoms with Gasteiger partial charge >= 0.3 is 0 Å². The van der Waals surface area contributed by atoms with Crippen LogP contribution in [0.15, 0.2) is 36.9 Å². The number of nitrogens with zero attached hydrogens (tertiary/aromatic N) is 1. The van der Waals surface area contributed by atoms with Crippen molar-refractivity contribution in [3.8, 4) is 0 Å². The first-order valence-electron chi connectivity index (χ1n) is 5.43. The van der Waals surface area contributed by atoms with E-state index < -0.39 is 0 Å². The van der Waals surface area contributed by atoms with Crippen molar-refractivity contribution in [2.75, 3.05) is 6.54 Å². The normalized spacial score (nSPS) is 20.1. The zero-order valence-corrected chi connectivity index (χ0v) is 9.23. The van der Waals surface area contributed by atoms with Crippen molar-refractivity contribution in [2.24, 2.45) is 5.73 Å². The minimum absolute atomic E-state index is 0.201. The lowest BCUT2D eigenvalue weighted by Crippen LogP contribution is -2.48. The van der Waals surface area contributed by atoms with Gasteiger partial charge in [-0.3, -0.25) is 9.69 Å². The number of hydrogen-bond acceptors (Lipinski definition) is 2. The van der Waals surface area contributed by atoms with Crippen LogP contribution < -0.4 is 5.73 Å². The van der Waals surface area contributed by atoms with Crippen molar-refractivity contribution in [3.05, 3.63) is 48.0 Å². The molecule has 2 N–H and O–H groups in total. The van der Waals surface area contributed by atoms with Gasteiger partial charge in [-0.05, 0) is 17.5 Å². The number of hydrogen-bond donors (Lipinski definition) is 1. The molecule has 1 amide bonds. The van der Waals surface area contributed by atoms with Gasteiger partial charge in [0.15, 0.2) is 0 Å². The molecule has 0 spiro atoms. The Labute approximate surface area is 95.6 Å². The van der Waals surface area contributed by atoms with E-state index in [1.165, 1.54) is 11.1 Å². The second-order valence-electron chi connectivity index (χ2n) is 4.11. The van der Waals surface area contributed by atoms with Crippen molar-refractivity contribution in [3.63, 3.8) is 0 Å². The highest BCUT2D eigenvalue weighted by atomic mass is 16.1. The van der Waals surface area contributed by atoms with Crippen molar-refractivity contribution < 1.29 is 4.79 Å². The second-order valence-corrected chi connectivity index (χ2v) is 4.11. The van der Waals surface area contributed by atoms with E-state index in [1.807, 2.05) is 18.2 Å². The fourth-order valence-electron chi connectivity index (χ4n) is 2.22. The number of amides is 1. The summed E-state index contributed by atoms with van der Waals surface area (Å²) in [5.74, 6) is -0.253. The van der Waals surface area contributed by atoms with Gasteiger partial charge in [-0.15, -0.1) is 6.58 Å². The molecule has 0 radical (unpaired) electrons. The third-order valence-electron chi connectivity index (χ3n) is 3.04. The van der Waals surface area contributed by atoms with Crippen LogP contribution in [0.3, 0.4) is 0 Å².